The number of aliphatic hydroxyl groups excluding tert-OH is 1. The molecule has 1 aliphatic heterocycles. The van der Waals surface area contributed by atoms with Crippen molar-refractivity contribution in [1.29, 1.82) is 0 Å². The van der Waals surface area contributed by atoms with Crippen molar-refractivity contribution >= 4 is 5.91 Å². The molecule has 1 aromatic heterocycles. The van der Waals surface area contributed by atoms with E-state index in [4.69, 9.17) is 0 Å². The van der Waals surface area contributed by atoms with Gasteiger partial charge >= 0.3 is 0 Å². The van der Waals surface area contributed by atoms with Gasteiger partial charge in [-0.3, -0.25) is 14.4 Å². The molecule has 3 rings (SSSR count). The van der Waals surface area contributed by atoms with Crippen LogP contribution in [-0.4, -0.2) is 63.3 Å². The minimum Gasteiger partial charge on any atom is -0.387 e. The van der Waals surface area contributed by atoms with Crippen LogP contribution >= 0.6 is 0 Å². The van der Waals surface area contributed by atoms with Gasteiger partial charge in [-0.1, -0.05) is 30.3 Å². The third-order valence-electron chi connectivity index (χ3n) is 4.73. The van der Waals surface area contributed by atoms with Crippen molar-refractivity contribution in [2.75, 3.05) is 32.7 Å². The first-order chi connectivity index (χ1) is 12.1. The molecule has 2 heterocycles. The molecule has 1 aliphatic rings. The van der Waals surface area contributed by atoms with Gasteiger partial charge < -0.3 is 10.0 Å². The van der Waals surface area contributed by atoms with Crippen LogP contribution in [0.4, 0.5) is 0 Å². The van der Waals surface area contributed by atoms with Crippen LogP contribution in [-0.2, 0) is 18.3 Å². The predicted molar refractivity (Wildman–Crippen MR) is 96.0 cm³/mol. The van der Waals surface area contributed by atoms with Crippen molar-refractivity contribution < 1.29 is 9.90 Å². The Balaban J connectivity index is 1.41. The minimum atomic E-state index is -0.478. The Morgan fingerprint density at radius 1 is 1.20 bits per heavy atom. The Kier molecular flexibility index (Phi) is 5.83. The van der Waals surface area contributed by atoms with Crippen LogP contribution in [0.15, 0.2) is 42.7 Å². The van der Waals surface area contributed by atoms with Gasteiger partial charge in [0.05, 0.1) is 12.3 Å². The lowest BCUT2D eigenvalue weighted by Gasteiger charge is -2.35. The number of hydrogen-bond acceptors (Lipinski definition) is 4. The molecular formula is C19H26N4O2. The van der Waals surface area contributed by atoms with E-state index in [2.05, 4.69) is 10.00 Å². The molecular weight excluding hydrogens is 316 g/mol. The Morgan fingerprint density at radius 3 is 2.56 bits per heavy atom. The molecule has 1 amide bonds. The maximum Gasteiger partial charge on any atom is 0.222 e. The largest absolute Gasteiger partial charge is 0.387 e. The summed E-state index contributed by atoms with van der Waals surface area (Å²) >= 11 is 0. The highest BCUT2D eigenvalue weighted by molar-refractivity contribution is 5.76. The molecule has 1 saturated heterocycles. The molecule has 2 aromatic rings. The van der Waals surface area contributed by atoms with Gasteiger partial charge in [0.2, 0.25) is 5.91 Å². The zero-order chi connectivity index (χ0) is 17.6. The summed E-state index contributed by atoms with van der Waals surface area (Å²) in [6.07, 6.45) is 4.55. The standard InChI is InChI=1S/C19H26N4O2/c1-21-14-16(13-20-21)7-8-19(25)23-11-9-22(10-12-23)15-18(24)17-5-3-2-4-6-17/h2-6,13-14,18,24H,7-12,15H2,1H3/t18-/m0/s1. The fraction of sp³-hybridized carbons (Fsp3) is 0.474. The molecule has 1 fully saturated rings. The molecule has 1 atom stereocenters. The van der Waals surface area contributed by atoms with Gasteiger partial charge in [0, 0.05) is 52.4 Å². The SMILES string of the molecule is Cn1cc(CCC(=O)N2CCN(C[C@H](O)c3ccccc3)CC2)cn1. The first kappa shape index (κ1) is 17.6. The fourth-order valence-electron chi connectivity index (χ4n) is 3.22. The van der Waals surface area contributed by atoms with Gasteiger partial charge in [-0.2, -0.15) is 5.10 Å². The van der Waals surface area contributed by atoms with Crippen molar-refractivity contribution in [2.24, 2.45) is 7.05 Å². The van der Waals surface area contributed by atoms with Crippen molar-refractivity contribution in [3.05, 3.63) is 53.9 Å². The first-order valence-corrected chi connectivity index (χ1v) is 8.82. The minimum absolute atomic E-state index is 0.201. The number of carbonyl (C=O) groups excluding carboxylic acids is 1. The summed E-state index contributed by atoms with van der Waals surface area (Å²) in [5, 5.41) is 14.5. The van der Waals surface area contributed by atoms with Crippen LogP contribution in [0.2, 0.25) is 0 Å². The number of aliphatic hydroxyl groups is 1. The van der Waals surface area contributed by atoms with Crippen molar-refractivity contribution in [1.82, 2.24) is 19.6 Å². The fourth-order valence-corrected chi connectivity index (χ4v) is 3.22. The van der Waals surface area contributed by atoms with Gasteiger partial charge in [-0.15, -0.1) is 0 Å². The average Bonchev–Trinajstić information content (AvgIpc) is 3.06. The summed E-state index contributed by atoms with van der Waals surface area (Å²) in [4.78, 5) is 16.5. The van der Waals surface area contributed by atoms with Gasteiger partial charge in [-0.05, 0) is 17.5 Å². The number of aromatic nitrogens is 2. The molecule has 0 radical (unpaired) electrons. The second-order valence-corrected chi connectivity index (χ2v) is 6.63. The average molecular weight is 342 g/mol. The molecule has 6 heteroatoms. The topological polar surface area (TPSA) is 61.6 Å². The van der Waals surface area contributed by atoms with E-state index in [1.807, 2.05) is 54.7 Å². The second kappa shape index (κ2) is 8.27. The number of nitrogens with zero attached hydrogens (tertiary/aromatic N) is 4. The number of carbonyl (C=O) groups is 1. The van der Waals surface area contributed by atoms with E-state index in [1.165, 1.54) is 0 Å². The summed E-state index contributed by atoms with van der Waals surface area (Å²) in [5.74, 6) is 0.201. The maximum atomic E-state index is 12.4. The zero-order valence-corrected chi connectivity index (χ0v) is 14.7. The highest BCUT2D eigenvalue weighted by atomic mass is 16.3. The van der Waals surface area contributed by atoms with E-state index >= 15 is 0 Å². The molecule has 0 spiro atoms. The summed E-state index contributed by atoms with van der Waals surface area (Å²) in [6, 6.07) is 9.73. The maximum absolute atomic E-state index is 12.4. The molecule has 25 heavy (non-hydrogen) atoms. The van der Waals surface area contributed by atoms with Crippen LogP contribution in [0, 0.1) is 0 Å². The summed E-state index contributed by atoms with van der Waals surface area (Å²) in [5.41, 5.74) is 2.04. The Labute approximate surface area is 148 Å². The molecule has 1 N–H and O–H groups in total. The third kappa shape index (κ3) is 4.90. The summed E-state index contributed by atoms with van der Waals surface area (Å²) in [6.45, 7) is 3.69. The van der Waals surface area contributed by atoms with Crippen LogP contribution in [0.1, 0.15) is 23.7 Å². The molecule has 134 valence electrons. The van der Waals surface area contributed by atoms with Crippen LogP contribution < -0.4 is 0 Å². The highest BCUT2D eigenvalue weighted by Gasteiger charge is 2.22. The molecule has 0 unspecified atom stereocenters. The quantitative estimate of drug-likeness (QED) is 0.858. The van der Waals surface area contributed by atoms with Crippen LogP contribution in [0.5, 0.6) is 0 Å². The molecule has 1 aromatic carbocycles. The predicted octanol–water partition coefficient (Wildman–Crippen LogP) is 1.23. The number of piperazine rings is 1. The zero-order valence-electron chi connectivity index (χ0n) is 14.7. The van der Waals surface area contributed by atoms with E-state index in [9.17, 15) is 9.90 Å². The van der Waals surface area contributed by atoms with Gasteiger partial charge in [0.15, 0.2) is 0 Å². The number of amides is 1. The number of hydrogen-bond donors (Lipinski definition) is 1. The summed E-state index contributed by atoms with van der Waals surface area (Å²) in [7, 11) is 1.88. The number of rotatable bonds is 6. The van der Waals surface area contributed by atoms with Gasteiger partial charge in [0.25, 0.3) is 0 Å². The van der Waals surface area contributed by atoms with Gasteiger partial charge in [-0.25, -0.2) is 0 Å². The monoisotopic (exact) mass is 342 g/mol. The van der Waals surface area contributed by atoms with E-state index < -0.39 is 6.10 Å². The van der Waals surface area contributed by atoms with Crippen molar-refractivity contribution in [2.45, 2.75) is 18.9 Å². The Hall–Kier alpha value is -2.18. The molecule has 6 nitrogen and oxygen atoms in total. The van der Waals surface area contributed by atoms with E-state index in [1.54, 1.807) is 4.68 Å². The number of β-amino-alcohol motifs (C(OH)–C–C–N with tert-alkyl or cyclic N) is 1. The Bertz CT molecular complexity index is 678. The van der Waals surface area contributed by atoms with Crippen molar-refractivity contribution in [3.8, 4) is 0 Å². The summed E-state index contributed by atoms with van der Waals surface area (Å²) < 4.78 is 1.76. The normalized spacial score (nSPS) is 16.8. The van der Waals surface area contributed by atoms with E-state index in [0.717, 1.165) is 43.7 Å². The van der Waals surface area contributed by atoms with Crippen molar-refractivity contribution in [3.63, 3.8) is 0 Å². The lowest BCUT2D eigenvalue weighted by Crippen LogP contribution is -2.49. The number of aryl methyl sites for hydroxylation is 2. The first-order valence-electron chi connectivity index (χ1n) is 8.82. The van der Waals surface area contributed by atoms with E-state index in [0.29, 0.717) is 13.0 Å². The lowest BCUT2D eigenvalue weighted by atomic mass is 10.1. The third-order valence-corrected chi connectivity index (χ3v) is 4.73. The second-order valence-electron chi connectivity index (χ2n) is 6.63. The molecule has 0 saturated carbocycles. The molecule has 0 aliphatic carbocycles. The van der Waals surface area contributed by atoms with Crippen LogP contribution in [0.25, 0.3) is 0 Å². The lowest BCUT2D eigenvalue weighted by molar-refractivity contribution is -0.133. The van der Waals surface area contributed by atoms with Gasteiger partial charge in [0.1, 0.15) is 0 Å². The Morgan fingerprint density at radius 2 is 1.92 bits per heavy atom. The van der Waals surface area contributed by atoms with Crippen LogP contribution in [0.3, 0.4) is 0 Å². The molecule has 0 bridgehead atoms. The number of benzene rings is 1. The van der Waals surface area contributed by atoms with E-state index in [-0.39, 0.29) is 5.91 Å². The smallest absolute Gasteiger partial charge is 0.222 e. The highest BCUT2D eigenvalue weighted by Crippen LogP contribution is 2.15.